The molecule has 36 heavy (non-hydrogen) atoms. The number of hydrogen-bond acceptors (Lipinski definition) is 5. The number of phenols is 1. The first-order valence-electron chi connectivity index (χ1n) is 11.9. The number of para-hydroxylation sites is 1. The molecular weight excluding hydrogens is 458 g/mol. The van der Waals surface area contributed by atoms with Crippen LogP contribution in [0.15, 0.2) is 61.2 Å². The number of benzene rings is 2. The van der Waals surface area contributed by atoms with Gasteiger partial charge in [0.2, 0.25) is 5.91 Å². The van der Waals surface area contributed by atoms with Crippen molar-refractivity contribution in [1.29, 1.82) is 0 Å². The van der Waals surface area contributed by atoms with Gasteiger partial charge in [-0.25, -0.2) is 4.79 Å². The molecule has 2 aromatic rings. The minimum absolute atomic E-state index is 0.0325. The van der Waals surface area contributed by atoms with Crippen molar-refractivity contribution in [1.82, 2.24) is 10.2 Å². The van der Waals surface area contributed by atoms with E-state index in [9.17, 15) is 19.5 Å². The van der Waals surface area contributed by atoms with Crippen LogP contribution in [0.5, 0.6) is 5.75 Å². The summed E-state index contributed by atoms with van der Waals surface area (Å²) in [6, 6.07) is 11.4. The molecule has 0 aliphatic rings. The smallest absolute Gasteiger partial charge is 0.408 e. The highest BCUT2D eigenvalue weighted by molar-refractivity contribution is 5.99. The summed E-state index contributed by atoms with van der Waals surface area (Å²) in [4.78, 5) is 41.4. The van der Waals surface area contributed by atoms with Gasteiger partial charge in [-0.1, -0.05) is 50.3 Å². The molecule has 8 heteroatoms. The van der Waals surface area contributed by atoms with E-state index in [1.165, 1.54) is 23.1 Å². The number of rotatable bonds is 9. The van der Waals surface area contributed by atoms with Gasteiger partial charge in [0, 0.05) is 12.2 Å². The Bertz CT molecular complexity index is 1070. The third-order valence-corrected chi connectivity index (χ3v) is 5.39. The molecule has 0 aromatic heterocycles. The van der Waals surface area contributed by atoms with Gasteiger partial charge in [0.1, 0.15) is 23.4 Å². The lowest BCUT2D eigenvalue weighted by atomic mass is 9.98. The standard InChI is InChI=1S/C28H37N3O5/c1-8-17-31(26(34)23(18(2)3)30-27(35)36-28(5,6)7)24(20-13-15-21(32)16-14-20)25(33)29-22-12-10-9-11-19(22)4/h8-16,18,23-24,32H,1,17H2,2-7H3,(H,29,33)(H,30,35). The van der Waals surface area contributed by atoms with E-state index in [4.69, 9.17) is 4.74 Å². The van der Waals surface area contributed by atoms with Gasteiger partial charge in [-0.15, -0.1) is 6.58 Å². The second-order valence-corrected chi connectivity index (χ2v) is 9.95. The number of alkyl carbamates (subject to hydrolysis) is 1. The zero-order chi connectivity index (χ0) is 27.0. The molecule has 2 unspecified atom stereocenters. The Hall–Kier alpha value is -3.81. The lowest BCUT2D eigenvalue weighted by Crippen LogP contribution is -2.54. The Kier molecular flexibility index (Phi) is 9.67. The van der Waals surface area contributed by atoms with Crippen LogP contribution in [0.1, 0.15) is 51.8 Å². The van der Waals surface area contributed by atoms with Gasteiger partial charge in [0.15, 0.2) is 0 Å². The Morgan fingerprint density at radius 1 is 1.08 bits per heavy atom. The number of carbonyl (C=O) groups is 3. The number of ether oxygens (including phenoxy) is 1. The molecule has 194 valence electrons. The molecule has 2 atom stereocenters. The monoisotopic (exact) mass is 495 g/mol. The van der Waals surface area contributed by atoms with Crippen molar-refractivity contribution >= 4 is 23.6 Å². The number of anilines is 1. The molecule has 0 fully saturated rings. The fourth-order valence-electron chi connectivity index (χ4n) is 3.63. The summed E-state index contributed by atoms with van der Waals surface area (Å²) in [7, 11) is 0. The predicted octanol–water partition coefficient (Wildman–Crippen LogP) is 4.94. The molecule has 0 aliphatic carbocycles. The number of aromatic hydroxyl groups is 1. The summed E-state index contributed by atoms with van der Waals surface area (Å²) < 4.78 is 5.36. The van der Waals surface area contributed by atoms with Crippen LogP contribution in [0.3, 0.4) is 0 Å². The van der Waals surface area contributed by atoms with Crippen LogP contribution in [-0.4, -0.2) is 46.1 Å². The van der Waals surface area contributed by atoms with Crippen LogP contribution < -0.4 is 10.6 Å². The molecule has 0 saturated carbocycles. The van der Waals surface area contributed by atoms with Crippen LogP contribution in [0, 0.1) is 12.8 Å². The topological polar surface area (TPSA) is 108 Å². The molecule has 8 nitrogen and oxygen atoms in total. The number of phenolic OH excluding ortho intramolecular Hbond substituents is 1. The molecule has 0 aliphatic heterocycles. The van der Waals surface area contributed by atoms with E-state index in [1.54, 1.807) is 52.8 Å². The van der Waals surface area contributed by atoms with Crippen molar-refractivity contribution in [2.24, 2.45) is 5.92 Å². The molecule has 3 N–H and O–H groups in total. The van der Waals surface area contributed by atoms with Gasteiger partial charge in [-0.05, 0) is 62.9 Å². The fraction of sp³-hybridized carbons (Fsp3) is 0.393. The highest BCUT2D eigenvalue weighted by atomic mass is 16.6. The van der Waals surface area contributed by atoms with Crippen molar-refractivity contribution < 1.29 is 24.2 Å². The van der Waals surface area contributed by atoms with Crippen LogP contribution >= 0.6 is 0 Å². The second kappa shape index (κ2) is 12.2. The molecule has 2 rings (SSSR count). The molecule has 0 heterocycles. The van der Waals surface area contributed by atoms with Crippen molar-refractivity contribution in [2.75, 3.05) is 11.9 Å². The number of amides is 3. The SMILES string of the molecule is C=CCN(C(=O)C(NC(=O)OC(C)(C)C)C(C)C)C(C(=O)Nc1ccccc1C)c1ccc(O)cc1. The minimum atomic E-state index is -1.06. The van der Waals surface area contributed by atoms with Crippen molar-refractivity contribution in [3.8, 4) is 5.75 Å². The average molecular weight is 496 g/mol. The molecule has 0 radical (unpaired) electrons. The molecular formula is C28H37N3O5. The number of hydrogen-bond donors (Lipinski definition) is 3. The van der Waals surface area contributed by atoms with Crippen LogP contribution in [-0.2, 0) is 14.3 Å². The lowest BCUT2D eigenvalue weighted by molar-refractivity contribution is -0.141. The van der Waals surface area contributed by atoms with E-state index in [0.29, 0.717) is 11.3 Å². The number of aryl methyl sites for hydroxylation is 1. The zero-order valence-electron chi connectivity index (χ0n) is 21.9. The first-order chi connectivity index (χ1) is 16.8. The summed E-state index contributed by atoms with van der Waals surface area (Å²) in [5.74, 6) is -1.17. The summed E-state index contributed by atoms with van der Waals surface area (Å²) in [6.07, 6.45) is 0.802. The molecule has 0 spiro atoms. The van der Waals surface area contributed by atoms with E-state index in [0.717, 1.165) is 5.56 Å². The number of carbonyl (C=O) groups excluding carboxylic acids is 3. The van der Waals surface area contributed by atoms with Gasteiger partial charge >= 0.3 is 6.09 Å². The maximum atomic E-state index is 13.9. The van der Waals surface area contributed by atoms with Crippen LogP contribution in [0.2, 0.25) is 0 Å². The Morgan fingerprint density at radius 3 is 2.22 bits per heavy atom. The Balaban J connectivity index is 2.49. The summed E-state index contributed by atoms with van der Waals surface area (Å²) in [6.45, 7) is 14.5. The van der Waals surface area contributed by atoms with E-state index in [1.807, 2.05) is 25.1 Å². The van der Waals surface area contributed by atoms with Crippen molar-refractivity contribution in [3.63, 3.8) is 0 Å². The van der Waals surface area contributed by atoms with E-state index in [-0.39, 0.29) is 18.2 Å². The summed E-state index contributed by atoms with van der Waals surface area (Å²) in [5, 5.41) is 15.4. The first-order valence-corrected chi connectivity index (χ1v) is 11.9. The second-order valence-electron chi connectivity index (χ2n) is 9.95. The predicted molar refractivity (Wildman–Crippen MR) is 141 cm³/mol. The van der Waals surface area contributed by atoms with E-state index < -0.39 is 35.6 Å². The summed E-state index contributed by atoms with van der Waals surface area (Å²) in [5.41, 5.74) is 1.24. The van der Waals surface area contributed by atoms with Crippen LogP contribution in [0.4, 0.5) is 10.5 Å². The van der Waals surface area contributed by atoms with Crippen molar-refractivity contribution in [2.45, 2.75) is 59.2 Å². The number of nitrogens with one attached hydrogen (secondary N) is 2. The van der Waals surface area contributed by atoms with Gasteiger partial charge < -0.3 is 25.4 Å². The largest absolute Gasteiger partial charge is 0.508 e. The number of nitrogens with zero attached hydrogens (tertiary/aromatic N) is 1. The minimum Gasteiger partial charge on any atom is -0.508 e. The lowest BCUT2D eigenvalue weighted by Gasteiger charge is -2.35. The maximum absolute atomic E-state index is 13.9. The highest BCUT2D eigenvalue weighted by Gasteiger charge is 2.37. The highest BCUT2D eigenvalue weighted by Crippen LogP contribution is 2.27. The third kappa shape index (κ3) is 7.86. The quantitative estimate of drug-likeness (QED) is 0.427. The van der Waals surface area contributed by atoms with E-state index >= 15 is 0 Å². The molecule has 0 bridgehead atoms. The fourth-order valence-corrected chi connectivity index (χ4v) is 3.63. The zero-order valence-corrected chi connectivity index (χ0v) is 21.9. The molecule has 3 amide bonds. The van der Waals surface area contributed by atoms with Gasteiger partial charge in [-0.2, -0.15) is 0 Å². The van der Waals surface area contributed by atoms with Crippen molar-refractivity contribution in [3.05, 3.63) is 72.3 Å². The Morgan fingerprint density at radius 2 is 1.69 bits per heavy atom. The average Bonchev–Trinajstić information content (AvgIpc) is 2.78. The maximum Gasteiger partial charge on any atom is 0.408 e. The van der Waals surface area contributed by atoms with Gasteiger partial charge in [0.05, 0.1) is 0 Å². The Labute approximate surface area is 213 Å². The van der Waals surface area contributed by atoms with E-state index in [2.05, 4.69) is 17.2 Å². The molecule has 0 saturated heterocycles. The summed E-state index contributed by atoms with van der Waals surface area (Å²) >= 11 is 0. The van der Waals surface area contributed by atoms with Gasteiger partial charge in [-0.3, -0.25) is 9.59 Å². The van der Waals surface area contributed by atoms with Gasteiger partial charge in [0.25, 0.3) is 5.91 Å². The normalized spacial score (nSPS) is 12.9. The molecule has 2 aromatic carbocycles. The first kappa shape index (κ1) is 28.4. The van der Waals surface area contributed by atoms with Crippen LogP contribution in [0.25, 0.3) is 0 Å². The third-order valence-electron chi connectivity index (χ3n) is 5.39.